The van der Waals surface area contributed by atoms with Gasteiger partial charge in [-0.2, -0.15) is 0 Å². The summed E-state index contributed by atoms with van der Waals surface area (Å²) in [6.07, 6.45) is 0. The molecule has 94 valence electrons. The second kappa shape index (κ2) is 5.09. The van der Waals surface area contributed by atoms with E-state index >= 15 is 0 Å². The molecule has 5 nitrogen and oxygen atoms in total. The van der Waals surface area contributed by atoms with Gasteiger partial charge in [0.25, 0.3) is 5.69 Å². The van der Waals surface area contributed by atoms with E-state index in [4.69, 9.17) is 4.74 Å². The van der Waals surface area contributed by atoms with Crippen molar-refractivity contribution in [2.24, 2.45) is 0 Å². The molecule has 1 N–H and O–H groups in total. The van der Waals surface area contributed by atoms with Gasteiger partial charge in [-0.1, -0.05) is 0 Å². The molecule has 0 saturated carbocycles. The smallest absolute Gasteiger partial charge is 0.295 e. The molecule has 1 aromatic carbocycles. The van der Waals surface area contributed by atoms with Gasteiger partial charge in [0, 0.05) is 13.7 Å². The Hall–Kier alpha value is -1.69. The van der Waals surface area contributed by atoms with E-state index in [1.165, 1.54) is 12.1 Å². The fourth-order valence-electron chi connectivity index (χ4n) is 1.19. The highest BCUT2D eigenvalue weighted by Crippen LogP contribution is 2.25. The SMILES string of the molecule is COC(C)(C)CNc1ccc(F)cc1[N+](=O)[O-]. The minimum Gasteiger partial charge on any atom is -0.377 e. The quantitative estimate of drug-likeness (QED) is 0.636. The summed E-state index contributed by atoms with van der Waals surface area (Å²) >= 11 is 0. The molecule has 0 amide bonds. The summed E-state index contributed by atoms with van der Waals surface area (Å²) in [6.45, 7) is 4.07. The van der Waals surface area contributed by atoms with E-state index in [1.54, 1.807) is 7.11 Å². The van der Waals surface area contributed by atoms with Gasteiger partial charge in [0.15, 0.2) is 0 Å². The van der Waals surface area contributed by atoms with Gasteiger partial charge in [-0.25, -0.2) is 4.39 Å². The van der Waals surface area contributed by atoms with Crippen LogP contribution in [0.15, 0.2) is 18.2 Å². The first-order chi connectivity index (χ1) is 7.85. The summed E-state index contributed by atoms with van der Waals surface area (Å²) < 4.78 is 18.1. The van der Waals surface area contributed by atoms with E-state index < -0.39 is 16.3 Å². The molecule has 0 aromatic heterocycles. The fourth-order valence-corrected chi connectivity index (χ4v) is 1.19. The predicted molar refractivity (Wildman–Crippen MR) is 62.6 cm³/mol. The maximum Gasteiger partial charge on any atom is 0.295 e. The number of hydrogen-bond donors (Lipinski definition) is 1. The Morgan fingerprint density at radius 2 is 2.18 bits per heavy atom. The Morgan fingerprint density at radius 1 is 1.53 bits per heavy atom. The van der Waals surface area contributed by atoms with Gasteiger partial charge < -0.3 is 10.1 Å². The average Bonchev–Trinajstić information content (AvgIpc) is 2.27. The molecule has 0 fully saturated rings. The van der Waals surface area contributed by atoms with Crippen molar-refractivity contribution in [1.82, 2.24) is 0 Å². The van der Waals surface area contributed by atoms with E-state index in [-0.39, 0.29) is 11.4 Å². The molecule has 0 atom stereocenters. The highest BCUT2D eigenvalue weighted by Gasteiger charge is 2.19. The summed E-state index contributed by atoms with van der Waals surface area (Å²) in [5.74, 6) is -0.631. The lowest BCUT2D eigenvalue weighted by atomic mass is 10.1. The standard InChI is InChI=1S/C11H15FN2O3/c1-11(2,17-3)7-13-9-5-4-8(12)6-10(9)14(15)16/h4-6,13H,7H2,1-3H3. The highest BCUT2D eigenvalue weighted by atomic mass is 19.1. The van der Waals surface area contributed by atoms with Crippen LogP contribution in [0.25, 0.3) is 0 Å². The van der Waals surface area contributed by atoms with E-state index in [1.807, 2.05) is 13.8 Å². The number of hydrogen-bond acceptors (Lipinski definition) is 4. The lowest BCUT2D eigenvalue weighted by Gasteiger charge is -2.23. The van der Waals surface area contributed by atoms with Crippen LogP contribution in [-0.4, -0.2) is 24.2 Å². The topological polar surface area (TPSA) is 64.4 Å². The number of halogens is 1. The van der Waals surface area contributed by atoms with Gasteiger partial charge in [0.2, 0.25) is 0 Å². The van der Waals surface area contributed by atoms with Crippen LogP contribution in [0.2, 0.25) is 0 Å². The first kappa shape index (κ1) is 13.4. The molecule has 1 aromatic rings. The average molecular weight is 242 g/mol. The zero-order chi connectivity index (χ0) is 13.1. The molecule has 0 aliphatic carbocycles. The molecule has 17 heavy (non-hydrogen) atoms. The minimum atomic E-state index is -0.631. The van der Waals surface area contributed by atoms with Crippen molar-refractivity contribution in [1.29, 1.82) is 0 Å². The van der Waals surface area contributed by atoms with Crippen LogP contribution in [-0.2, 0) is 4.74 Å². The molecule has 0 radical (unpaired) electrons. The Bertz CT molecular complexity index is 421. The van der Waals surface area contributed by atoms with Crippen molar-refractivity contribution in [3.05, 3.63) is 34.1 Å². The molecule has 0 bridgehead atoms. The third-order valence-corrected chi connectivity index (χ3v) is 2.41. The maximum atomic E-state index is 12.9. The molecule has 0 aliphatic heterocycles. The van der Waals surface area contributed by atoms with E-state index in [2.05, 4.69) is 5.32 Å². The van der Waals surface area contributed by atoms with Crippen LogP contribution in [0.1, 0.15) is 13.8 Å². The minimum absolute atomic E-state index is 0.279. The number of nitrogens with zero attached hydrogens (tertiary/aromatic N) is 1. The molecule has 1 rings (SSSR count). The third kappa shape index (κ3) is 3.67. The Morgan fingerprint density at radius 3 is 2.71 bits per heavy atom. The van der Waals surface area contributed by atoms with E-state index in [0.29, 0.717) is 6.54 Å². The predicted octanol–water partition coefficient (Wildman–Crippen LogP) is 2.57. The molecule has 0 unspecified atom stereocenters. The molecule has 0 saturated heterocycles. The Kier molecular flexibility index (Phi) is 4.01. The number of nitro groups is 1. The van der Waals surface area contributed by atoms with Gasteiger partial charge in [-0.05, 0) is 26.0 Å². The molecule has 0 spiro atoms. The third-order valence-electron chi connectivity index (χ3n) is 2.41. The second-order valence-corrected chi connectivity index (χ2v) is 4.24. The summed E-state index contributed by atoms with van der Waals surface area (Å²) in [5.41, 5.74) is -0.458. The van der Waals surface area contributed by atoms with Gasteiger partial charge in [-0.3, -0.25) is 10.1 Å². The van der Waals surface area contributed by atoms with Crippen molar-refractivity contribution >= 4 is 11.4 Å². The first-order valence-electron chi connectivity index (χ1n) is 5.09. The van der Waals surface area contributed by atoms with Crippen LogP contribution in [0.4, 0.5) is 15.8 Å². The zero-order valence-electron chi connectivity index (χ0n) is 9.99. The summed E-state index contributed by atoms with van der Waals surface area (Å²) in [5, 5.41) is 13.6. The van der Waals surface area contributed by atoms with Crippen LogP contribution >= 0.6 is 0 Å². The van der Waals surface area contributed by atoms with Crippen LogP contribution in [0.5, 0.6) is 0 Å². The zero-order valence-corrected chi connectivity index (χ0v) is 9.99. The maximum absolute atomic E-state index is 12.9. The summed E-state index contributed by atoms with van der Waals surface area (Å²) in [6, 6.07) is 3.41. The summed E-state index contributed by atoms with van der Waals surface area (Å²) in [7, 11) is 1.56. The largest absolute Gasteiger partial charge is 0.377 e. The Balaban J connectivity index is 2.88. The van der Waals surface area contributed by atoms with Gasteiger partial charge in [0.05, 0.1) is 16.6 Å². The van der Waals surface area contributed by atoms with Gasteiger partial charge in [-0.15, -0.1) is 0 Å². The summed E-state index contributed by atoms with van der Waals surface area (Å²) in [4.78, 5) is 10.1. The lowest BCUT2D eigenvalue weighted by molar-refractivity contribution is -0.384. The van der Waals surface area contributed by atoms with Crippen molar-refractivity contribution in [2.45, 2.75) is 19.4 Å². The molecule has 0 heterocycles. The number of nitrogens with one attached hydrogen (secondary N) is 1. The van der Waals surface area contributed by atoms with Crippen molar-refractivity contribution in [2.75, 3.05) is 19.0 Å². The second-order valence-electron chi connectivity index (χ2n) is 4.24. The van der Waals surface area contributed by atoms with Gasteiger partial charge in [0.1, 0.15) is 11.5 Å². The molecule has 6 heteroatoms. The van der Waals surface area contributed by atoms with Crippen LogP contribution in [0.3, 0.4) is 0 Å². The molecular formula is C11H15FN2O3. The van der Waals surface area contributed by atoms with Crippen molar-refractivity contribution in [3.8, 4) is 0 Å². The number of benzene rings is 1. The normalized spacial score (nSPS) is 11.3. The van der Waals surface area contributed by atoms with Crippen molar-refractivity contribution in [3.63, 3.8) is 0 Å². The van der Waals surface area contributed by atoms with E-state index in [9.17, 15) is 14.5 Å². The number of ether oxygens (including phenoxy) is 1. The van der Waals surface area contributed by atoms with Crippen LogP contribution < -0.4 is 5.32 Å². The molecular weight excluding hydrogens is 227 g/mol. The number of anilines is 1. The lowest BCUT2D eigenvalue weighted by Crippen LogP contribution is -2.32. The van der Waals surface area contributed by atoms with E-state index in [0.717, 1.165) is 6.07 Å². The first-order valence-corrected chi connectivity index (χ1v) is 5.09. The number of rotatable bonds is 5. The number of methoxy groups -OCH3 is 1. The highest BCUT2D eigenvalue weighted by molar-refractivity contribution is 5.61. The van der Waals surface area contributed by atoms with Crippen LogP contribution in [0, 0.1) is 15.9 Å². The molecule has 0 aliphatic rings. The fraction of sp³-hybridized carbons (Fsp3) is 0.455. The number of nitro benzene ring substituents is 1. The monoisotopic (exact) mass is 242 g/mol. The van der Waals surface area contributed by atoms with Crippen molar-refractivity contribution < 1.29 is 14.1 Å². The van der Waals surface area contributed by atoms with Gasteiger partial charge >= 0.3 is 0 Å². The Labute approximate surface area is 98.7 Å².